The van der Waals surface area contributed by atoms with Crippen molar-refractivity contribution in [3.05, 3.63) is 86.1 Å². The maximum Gasteiger partial charge on any atom is 0.255 e. The normalized spacial score (nSPS) is 16.3. The highest BCUT2D eigenvalue weighted by Crippen LogP contribution is 2.39. The molecule has 0 radical (unpaired) electrons. The molecule has 3 aromatic rings. The van der Waals surface area contributed by atoms with Crippen molar-refractivity contribution in [1.82, 2.24) is 4.90 Å². The van der Waals surface area contributed by atoms with Crippen LogP contribution >= 0.6 is 22.9 Å². The van der Waals surface area contributed by atoms with Crippen molar-refractivity contribution in [3.63, 3.8) is 0 Å². The van der Waals surface area contributed by atoms with Crippen molar-refractivity contribution in [2.24, 2.45) is 0 Å². The molecule has 1 aliphatic rings. The molecule has 4 rings (SSSR count). The fraction of sp³-hybridized carbons (Fsp3) is 0.182. The Labute approximate surface area is 172 Å². The second kappa shape index (κ2) is 7.41. The van der Waals surface area contributed by atoms with Crippen LogP contribution in [0.1, 0.15) is 38.0 Å². The number of nitrogens with one attached hydrogen (secondary N) is 1. The molecule has 1 aromatic heterocycles. The summed E-state index contributed by atoms with van der Waals surface area (Å²) in [6, 6.07) is 14.5. The zero-order chi connectivity index (χ0) is 19.8. The number of rotatable bonds is 2. The van der Waals surface area contributed by atoms with Gasteiger partial charge in [-0.15, -0.1) is 11.3 Å². The molecular weight excluding hydrogens is 392 g/mol. The number of carbonyl (C=O) groups is 2. The lowest BCUT2D eigenvalue weighted by molar-refractivity contribution is -0.117. The van der Waals surface area contributed by atoms with E-state index < -0.39 is 0 Å². The zero-order valence-corrected chi connectivity index (χ0v) is 17.1. The van der Waals surface area contributed by atoms with Crippen LogP contribution in [0.15, 0.2) is 53.9 Å². The number of thiophene rings is 1. The molecule has 2 heterocycles. The number of carbonyl (C=O) groups excluding carboxylic acids is 2. The van der Waals surface area contributed by atoms with Gasteiger partial charge in [0.1, 0.15) is 6.54 Å². The summed E-state index contributed by atoms with van der Waals surface area (Å²) in [7, 11) is 0. The molecule has 1 aliphatic heterocycles. The Bertz CT molecular complexity index is 1060. The highest BCUT2D eigenvalue weighted by atomic mass is 35.5. The van der Waals surface area contributed by atoms with Crippen LogP contribution in [0.2, 0.25) is 5.02 Å². The highest BCUT2D eigenvalue weighted by Gasteiger charge is 2.34. The summed E-state index contributed by atoms with van der Waals surface area (Å²) in [6.45, 7) is 3.96. The predicted octanol–water partition coefficient (Wildman–Crippen LogP) is 5.20. The minimum absolute atomic E-state index is 0.0272. The molecule has 4 nitrogen and oxygen atoms in total. The van der Waals surface area contributed by atoms with Crippen LogP contribution < -0.4 is 5.32 Å². The number of benzene rings is 2. The molecule has 28 heavy (non-hydrogen) atoms. The van der Waals surface area contributed by atoms with E-state index >= 15 is 0 Å². The molecule has 0 saturated heterocycles. The number of aryl methyl sites for hydroxylation is 2. The summed E-state index contributed by atoms with van der Waals surface area (Å²) < 4.78 is 0. The van der Waals surface area contributed by atoms with Crippen LogP contribution in [0.4, 0.5) is 5.69 Å². The predicted molar refractivity (Wildman–Crippen MR) is 113 cm³/mol. The lowest BCUT2D eigenvalue weighted by Crippen LogP contribution is -2.38. The third-order valence-electron chi connectivity index (χ3n) is 5.04. The molecule has 2 aromatic carbocycles. The van der Waals surface area contributed by atoms with E-state index in [-0.39, 0.29) is 24.4 Å². The van der Waals surface area contributed by atoms with Gasteiger partial charge >= 0.3 is 0 Å². The summed E-state index contributed by atoms with van der Waals surface area (Å²) in [5.41, 5.74) is 4.24. The number of anilines is 1. The Kier molecular flexibility index (Phi) is 4.96. The van der Waals surface area contributed by atoms with Gasteiger partial charge in [0.15, 0.2) is 0 Å². The van der Waals surface area contributed by atoms with Crippen LogP contribution in [0, 0.1) is 13.8 Å². The van der Waals surface area contributed by atoms with Crippen LogP contribution in [-0.2, 0) is 4.79 Å². The van der Waals surface area contributed by atoms with Gasteiger partial charge in [-0.2, -0.15) is 0 Å². The SMILES string of the molecule is Cc1ccc(C(=O)N2CC(=O)Nc3ccc(Cl)cc3C2c2cccs2)cc1C. The summed E-state index contributed by atoms with van der Waals surface area (Å²) in [5, 5.41) is 5.45. The second-order valence-corrected chi connectivity index (χ2v) is 8.35. The Hall–Kier alpha value is -2.63. The van der Waals surface area contributed by atoms with Gasteiger partial charge in [0.25, 0.3) is 5.91 Å². The summed E-state index contributed by atoms with van der Waals surface area (Å²) in [4.78, 5) is 28.7. The summed E-state index contributed by atoms with van der Waals surface area (Å²) in [6.07, 6.45) is 0. The molecule has 0 aliphatic carbocycles. The fourth-order valence-electron chi connectivity index (χ4n) is 3.46. The third kappa shape index (κ3) is 3.43. The van der Waals surface area contributed by atoms with E-state index in [4.69, 9.17) is 11.6 Å². The van der Waals surface area contributed by atoms with E-state index in [0.29, 0.717) is 16.3 Å². The minimum Gasteiger partial charge on any atom is -0.324 e. The van der Waals surface area contributed by atoms with Crippen LogP contribution in [-0.4, -0.2) is 23.3 Å². The first-order valence-electron chi connectivity index (χ1n) is 8.95. The number of halogens is 1. The van der Waals surface area contributed by atoms with Crippen molar-refractivity contribution in [1.29, 1.82) is 0 Å². The first-order valence-corrected chi connectivity index (χ1v) is 10.2. The molecular formula is C22H19ClN2O2S. The van der Waals surface area contributed by atoms with Crippen molar-refractivity contribution in [2.75, 3.05) is 11.9 Å². The Balaban J connectivity index is 1.87. The Morgan fingerprint density at radius 1 is 1.14 bits per heavy atom. The summed E-state index contributed by atoms with van der Waals surface area (Å²) >= 11 is 7.82. The molecule has 142 valence electrons. The number of amides is 2. The van der Waals surface area contributed by atoms with Crippen molar-refractivity contribution in [3.8, 4) is 0 Å². The summed E-state index contributed by atoms with van der Waals surface area (Å²) in [5.74, 6) is -0.399. The number of hydrogen-bond donors (Lipinski definition) is 1. The first-order chi connectivity index (χ1) is 13.4. The van der Waals surface area contributed by atoms with E-state index in [1.54, 1.807) is 28.4 Å². The lowest BCUT2D eigenvalue weighted by Gasteiger charge is -2.29. The number of fused-ring (bicyclic) bond motifs is 1. The molecule has 6 heteroatoms. The first kappa shape index (κ1) is 18.7. The largest absolute Gasteiger partial charge is 0.324 e. The van der Waals surface area contributed by atoms with Crippen molar-refractivity contribution >= 4 is 40.4 Å². The second-order valence-electron chi connectivity index (χ2n) is 6.93. The van der Waals surface area contributed by atoms with E-state index in [2.05, 4.69) is 5.32 Å². The van der Waals surface area contributed by atoms with Crippen LogP contribution in [0.25, 0.3) is 0 Å². The number of nitrogens with zero attached hydrogens (tertiary/aromatic N) is 1. The zero-order valence-electron chi connectivity index (χ0n) is 15.5. The minimum atomic E-state index is -0.387. The maximum absolute atomic E-state index is 13.5. The molecule has 1 unspecified atom stereocenters. The fourth-order valence-corrected chi connectivity index (χ4v) is 4.50. The van der Waals surface area contributed by atoms with E-state index in [1.165, 1.54) is 0 Å². The lowest BCUT2D eigenvalue weighted by atomic mass is 10.00. The standard InChI is InChI=1S/C22H19ClN2O2S/c1-13-5-6-15(10-14(13)2)22(27)25-12-20(26)24-18-8-7-16(23)11-17(18)21(25)19-4-3-9-28-19/h3-11,21H,12H2,1-2H3,(H,24,26). The molecule has 0 bridgehead atoms. The third-order valence-corrected chi connectivity index (χ3v) is 6.20. The highest BCUT2D eigenvalue weighted by molar-refractivity contribution is 7.10. The van der Waals surface area contributed by atoms with Gasteiger partial charge in [0.05, 0.1) is 6.04 Å². The quantitative estimate of drug-likeness (QED) is 0.631. The topological polar surface area (TPSA) is 49.4 Å². The average molecular weight is 411 g/mol. The van der Waals surface area contributed by atoms with Crippen LogP contribution in [0.3, 0.4) is 0 Å². The van der Waals surface area contributed by atoms with Gasteiger partial charge in [0.2, 0.25) is 5.91 Å². The van der Waals surface area contributed by atoms with Crippen LogP contribution in [0.5, 0.6) is 0 Å². The van der Waals surface area contributed by atoms with Gasteiger partial charge in [0, 0.05) is 26.7 Å². The van der Waals surface area contributed by atoms with E-state index in [9.17, 15) is 9.59 Å². The van der Waals surface area contributed by atoms with E-state index in [1.807, 2.05) is 55.6 Å². The van der Waals surface area contributed by atoms with Crippen molar-refractivity contribution in [2.45, 2.75) is 19.9 Å². The Morgan fingerprint density at radius 2 is 1.96 bits per heavy atom. The van der Waals surface area contributed by atoms with E-state index in [0.717, 1.165) is 21.6 Å². The molecule has 0 spiro atoms. The van der Waals surface area contributed by atoms with Gasteiger partial charge in [-0.05, 0) is 66.8 Å². The Morgan fingerprint density at radius 3 is 2.68 bits per heavy atom. The van der Waals surface area contributed by atoms with Gasteiger partial charge in [-0.3, -0.25) is 9.59 Å². The van der Waals surface area contributed by atoms with Gasteiger partial charge in [-0.1, -0.05) is 23.7 Å². The molecule has 0 fully saturated rings. The molecule has 2 amide bonds. The van der Waals surface area contributed by atoms with Crippen molar-refractivity contribution < 1.29 is 9.59 Å². The number of hydrogen-bond acceptors (Lipinski definition) is 3. The molecule has 1 N–H and O–H groups in total. The monoisotopic (exact) mass is 410 g/mol. The maximum atomic E-state index is 13.5. The average Bonchev–Trinajstić information content (AvgIpc) is 3.14. The molecule has 1 atom stereocenters. The molecule has 0 saturated carbocycles. The van der Waals surface area contributed by atoms with Gasteiger partial charge < -0.3 is 10.2 Å². The smallest absolute Gasteiger partial charge is 0.255 e. The van der Waals surface area contributed by atoms with Gasteiger partial charge in [-0.25, -0.2) is 0 Å².